The SMILES string of the molecule is CCC(Nc1ccc(S(=O)(=O)N2CCCC(CO)(C(C)C)C2)c(C)c1[N+](=O)[O-])c1ccccc1OC. The minimum atomic E-state index is -4.01. The van der Waals surface area contributed by atoms with E-state index in [2.05, 4.69) is 5.32 Å². The van der Waals surface area contributed by atoms with E-state index in [9.17, 15) is 23.6 Å². The molecular weight excluding hydrogens is 482 g/mol. The summed E-state index contributed by atoms with van der Waals surface area (Å²) >= 11 is 0. The van der Waals surface area contributed by atoms with E-state index in [1.54, 1.807) is 7.11 Å². The molecule has 2 unspecified atom stereocenters. The number of piperidine rings is 1. The van der Waals surface area contributed by atoms with Crippen molar-refractivity contribution in [1.29, 1.82) is 0 Å². The van der Waals surface area contributed by atoms with Crippen molar-refractivity contribution >= 4 is 21.4 Å². The molecule has 9 nitrogen and oxygen atoms in total. The molecule has 198 valence electrons. The van der Waals surface area contributed by atoms with Crippen molar-refractivity contribution in [1.82, 2.24) is 4.31 Å². The van der Waals surface area contributed by atoms with Gasteiger partial charge in [0.2, 0.25) is 10.0 Å². The molecular formula is C26H37N3O6S. The zero-order chi connectivity index (χ0) is 26.7. The Labute approximate surface area is 213 Å². The summed E-state index contributed by atoms with van der Waals surface area (Å²) in [4.78, 5) is 11.6. The molecule has 0 spiro atoms. The first-order chi connectivity index (χ1) is 17.0. The topological polar surface area (TPSA) is 122 Å². The lowest BCUT2D eigenvalue weighted by atomic mass is 9.72. The smallest absolute Gasteiger partial charge is 0.296 e. The van der Waals surface area contributed by atoms with Crippen LogP contribution in [-0.2, 0) is 10.0 Å². The summed E-state index contributed by atoms with van der Waals surface area (Å²) < 4.78 is 34.2. The van der Waals surface area contributed by atoms with Crippen LogP contribution in [0.15, 0.2) is 41.3 Å². The van der Waals surface area contributed by atoms with Crippen LogP contribution < -0.4 is 10.1 Å². The number of nitrogens with one attached hydrogen (secondary N) is 1. The van der Waals surface area contributed by atoms with Crippen molar-refractivity contribution in [2.24, 2.45) is 11.3 Å². The number of hydrogen-bond acceptors (Lipinski definition) is 7. The van der Waals surface area contributed by atoms with Crippen molar-refractivity contribution in [2.45, 2.75) is 57.9 Å². The highest BCUT2D eigenvalue weighted by Crippen LogP contribution is 2.41. The monoisotopic (exact) mass is 519 g/mol. The molecule has 1 aliphatic rings. The lowest BCUT2D eigenvalue weighted by Crippen LogP contribution is -2.50. The number of hydrogen-bond donors (Lipinski definition) is 2. The van der Waals surface area contributed by atoms with Gasteiger partial charge in [-0.15, -0.1) is 0 Å². The van der Waals surface area contributed by atoms with Gasteiger partial charge in [-0.1, -0.05) is 39.0 Å². The summed E-state index contributed by atoms with van der Waals surface area (Å²) in [5.74, 6) is 0.751. The van der Waals surface area contributed by atoms with Crippen LogP contribution in [0.25, 0.3) is 0 Å². The largest absolute Gasteiger partial charge is 0.496 e. The minimum absolute atomic E-state index is 0.0809. The molecule has 10 heteroatoms. The Bertz CT molecular complexity index is 1200. The Morgan fingerprint density at radius 2 is 1.94 bits per heavy atom. The van der Waals surface area contributed by atoms with Gasteiger partial charge in [-0.2, -0.15) is 4.31 Å². The van der Waals surface area contributed by atoms with Gasteiger partial charge in [0.05, 0.1) is 29.6 Å². The van der Waals surface area contributed by atoms with Gasteiger partial charge in [-0.05, 0) is 50.3 Å². The van der Waals surface area contributed by atoms with Crippen LogP contribution in [0, 0.1) is 28.4 Å². The number of aliphatic hydroxyl groups excluding tert-OH is 1. The molecule has 0 aromatic heterocycles. The Morgan fingerprint density at radius 3 is 2.53 bits per heavy atom. The zero-order valence-electron chi connectivity index (χ0n) is 21.7. The molecule has 0 bridgehead atoms. The van der Waals surface area contributed by atoms with E-state index in [4.69, 9.17) is 4.74 Å². The highest BCUT2D eigenvalue weighted by atomic mass is 32.2. The molecule has 2 aromatic carbocycles. The number of aliphatic hydroxyl groups is 1. The molecule has 1 heterocycles. The first-order valence-corrected chi connectivity index (χ1v) is 13.7. The molecule has 2 aromatic rings. The number of methoxy groups -OCH3 is 1. The van der Waals surface area contributed by atoms with E-state index in [1.807, 2.05) is 45.0 Å². The van der Waals surface area contributed by atoms with E-state index in [-0.39, 0.29) is 46.9 Å². The number of para-hydroxylation sites is 1. The van der Waals surface area contributed by atoms with E-state index in [0.717, 1.165) is 12.0 Å². The number of anilines is 1. The number of ether oxygens (including phenoxy) is 1. The van der Waals surface area contributed by atoms with Crippen molar-refractivity contribution < 1.29 is 23.2 Å². The van der Waals surface area contributed by atoms with Crippen molar-refractivity contribution in [3.8, 4) is 5.75 Å². The van der Waals surface area contributed by atoms with Gasteiger partial charge in [0.1, 0.15) is 11.4 Å². The summed E-state index contributed by atoms with van der Waals surface area (Å²) in [6.07, 6.45) is 1.98. The number of nitro groups is 1. The lowest BCUT2D eigenvalue weighted by Gasteiger charge is -2.44. The third-order valence-corrected chi connectivity index (χ3v) is 9.54. The van der Waals surface area contributed by atoms with Gasteiger partial charge in [-0.25, -0.2) is 8.42 Å². The summed E-state index contributed by atoms with van der Waals surface area (Å²) in [6, 6.07) is 10.1. The van der Waals surface area contributed by atoms with Gasteiger partial charge in [0.25, 0.3) is 5.69 Å². The van der Waals surface area contributed by atoms with Crippen LogP contribution in [0.3, 0.4) is 0 Å². The molecule has 2 N–H and O–H groups in total. The third kappa shape index (κ3) is 5.21. The number of sulfonamides is 1. The Hall–Kier alpha value is -2.69. The van der Waals surface area contributed by atoms with E-state index >= 15 is 0 Å². The number of benzene rings is 2. The maximum absolute atomic E-state index is 13.7. The molecule has 1 aliphatic heterocycles. The van der Waals surface area contributed by atoms with Crippen molar-refractivity contribution in [3.05, 3.63) is 57.6 Å². The van der Waals surface area contributed by atoms with Gasteiger partial charge in [0, 0.05) is 29.6 Å². The molecule has 0 aliphatic carbocycles. The maximum Gasteiger partial charge on any atom is 0.296 e. The molecule has 0 saturated carbocycles. The summed E-state index contributed by atoms with van der Waals surface area (Å²) in [7, 11) is -2.43. The molecule has 36 heavy (non-hydrogen) atoms. The zero-order valence-corrected chi connectivity index (χ0v) is 22.5. The summed E-state index contributed by atoms with van der Waals surface area (Å²) in [6.45, 7) is 7.79. The molecule has 2 atom stereocenters. The molecule has 3 rings (SSSR count). The normalized spacial score (nSPS) is 19.8. The van der Waals surface area contributed by atoms with Crippen LogP contribution >= 0.6 is 0 Å². The first-order valence-electron chi connectivity index (χ1n) is 12.3. The van der Waals surface area contributed by atoms with Gasteiger partial charge in [-0.3, -0.25) is 10.1 Å². The Balaban J connectivity index is 2.02. The van der Waals surface area contributed by atoms with Gasteiger partial charge < -0.3 is 15.2 Å². The highest BCUT2D eigenvalue weighted by Gasteiger charge is 2.42. The van der Waals surface area contributed by atoms with Crippen LogP contribution in [0.2, 0.25) is 0 Å². The van der Waals surface area contributed by atoms with E-state index in [0.29, 0.717) is 25.1 Å². The minimum Gasteiger partial charge on any atom is -0.496 e. The summed E-state index contributed by atoms with van der Waals surface area (Å²) in [5, 5.41) is 25.5. The van der Waals surface area contributed by atoms with E-state index in [1.165, 1.54) is 23.4 Å². The van der Waals surface area contributed by atoms with Crippen LogP contribution in [0.4, 0.5) is 11.4 Å². The fourth-order valence-electron chi connectivity index (χ4n) is 5.10. The van der Waals surface area contributed by atoms with Crippen molar-refractivity contribution in [2.75, 3.05) is 32.1 Å². The number of nitro benzene ring substituents is 1. The first kappa shape index (κ1) is 27.9. The predicted octanol–water partition coefficient (Wildman–Crippen LogP) is 4.89. The fourth-order valence-corrected chi connectivity index (χ4v) is 6.90. The van der Waals surface area contributed by atoms with Gasteiger partial charge in [0.15, 0.2) is 0 Å². The van der Waals surface area contributed by atoms with E-state index < -0.39 is 20.4 Å². The molecule has 1 saturated heterocycles. The molecule has 1 fully saturated rings. The number of nitrogens with zero attached hydrogens (tertiary/aromatic N) is 2. The Kier molecular flexibility index (Phi) is 8.63. The highest BCUT2D eigenvalue weighted by molar-refractivity contribution is 7.89. The average Bonchev–Trinajstić information content (AvgIpc) is 2.86. The summed E-state index contributed by atoms with van der Waals surface area (Å²) in [5.41, 5.74) is 0.395. The quantitative estimate of drug-likeness (QED) is 0.338. The standard InChI is InChI=1S/C26H37N3O6S/c1-6-21(20-10-7-8-11-23(20)35-5)27-22-12-13-24(19(4)25(22)29(31)32)36(33,34)28-15-9-14-26(16-28,17-30)18(2)3/h7-8,10-13,18,21,27,30H,6,9,14-17H2,1-5H3. The molecule has 0 amide bonds. The fraction of sp³-hybridized carbons (Fsp3) is 0.538. The second-order valence-electron chi connectivity index (χ2n) is 9.81. The van der Waals surface area contributed by atoms with Crippen LogP contribution in [0.1, 0.15) is 57.2 Å². The third-order valence-electron chi connectivity index (χ3n) is 7.55. The molecule has 0 radical (unpaired) electrons. The second kappa shape index (κ2) is 11.1. The maximum atomic E-state index is 13.7. The Morgan fingerprint density at radius 1 is 1.25 bits per heavy atom. The second-order valence-corrected chi connectivity index (χ2v) is 11.7. The average molecular weight is 520 g/mol. The van der Waals surface area contributed by atoms with Crippen molar-refractivity contribution in [3.63, 3.8) is 0 Å². The van der Waals surface area contributed by atoms with Gasteiger partial charge >= 0.3 is 0 Å². The predicted molar refractivity (Wildman–Crippen MR) is 140 cm³/mol. The van der Waals surface area contributed by atoms with Crippen LogP contribution in [-0.4, -0.2) is 49.6 Å². The number of rotatable bonds is 10. The lowest BCUT2D eigenvalue weighted by molar-refractivity contribution is -0.384. The van der Waals surface area contributed by atoms with Crippen LogP contribution in [0.5, 0.6) is 5.75 Å².